The molecule has 3 atom stereocenters. The van der Waals surface area contributed by atoms with E-state index in [-0.39, 0.29) is 6.10 Å². The highest BCUT2D eigenvalue weighted by atomic mass is 16.5. The number of hydrogen-bond donors (Lipinski definition) is 1. The highest BCUT2D eigenvalue weighted by Crippen LogP contribution is 2.27. The molecule has 1 aliphatic carbocycles. The van der Waals surface area contributed by atoms with Gasteiger partial charge < -0.3 is 9.84 Å². The fraction of sp³-hybridized carbons (Fsp3) is 0.667. The van der Waals surface area contributed by atoms with E-state index in [4.69, 9.17) is 4.74 Å². The van der Waals surface area contributed by atoms with Crippen molar-refractivity contribution in [2.75, 3.05) is 19.7 Å². The Labute approximate surface area is 127 Å². The van der Waals surface area contributed by atoms with E-state index >= 15 is 0 Å². The molecular formula is C18H27NO2. The molecule has 1 fully saturated rings. The van der Waals surface area contributed by atoms with Crippen LogP contribution in [-0.4, -0.2) is 41.9 Å². The van der Waals surface area contributed by atoms with E-state index < -0.39 is 0 Å². The standard InChI is InChI=1S/C18H27NO2/c1-14-5-4-8-18(14)21-13-17(20)12-19-10-9-15-6-2-3-7-16(15)11-19/h2-3,6-7,14,17-18,20H,4-5,8-13H2,1H3/t14-,17-,18-/m1/s1. The fourth-order valence-electron chi connectivity index (χ4n) is 3.65. The molecule has 21 heavy (non-hydrogen) atoms. The summed E-state index contributed by atoms with van der Waals surface area (Å²) < 4.78 is 5.91. The Kier molecular flexibility index (Phi) is 4.94. The van der Waals surface area contributed by atoms with Crippen LogP contribution in [0.3, 0.4) is 0 Å². The number of aliphatic hydroxyl groups is 1. The molecule has 3 nitrogen and oxygen atoms in total. The number of benzene rings is 1. The SMILES string of the molecule is C[C@@H]1CCC[C@H]1OC[C@H](O)CN1CCc2ccccc2C1. The van der Waals surface area contributed by atoms with Crippen molar-refractivity contribution in [3.63, 3.8) is 0 Å². The molecule has 116 valence electrons. The summed E-state index contributed by atoms with van der Waals surface area (Å²) in [5.74, 6) is 0.652. The smallest absolute Gasteiger partial charge is 0.0900 e. The number of hydrogen-bond acceptors (Lipinski definition) is 3. The molecule has 0 bridgehead atoms. The second kappa shape index (κ2) is 6.91. The van der Waals surface area contributed by atoms with Gasteiger partial charge in [0.1, 0.15) is 0 Å². The summed E-state index contributed by atoms with van der Waals surface area (Å²) in [7, 11) is 0. The van der Waals surface area contributed by atoms with Crippen LogP contribution in [0.2, 0.25) is 0 Å². The molecule has 1 aliphatic heterocycles. The quantitative estimate of drug-likeness (QED) is 0.904. The maximum absolute atomic E-state index is 10.2. The summed E-state index contributed by atoms with van der Waals surface area (Å²) in [6, 6.07) is 8.63. The van der Waals surface area contributed by atoms with Crippen molar-refractivity contribution in [2.45, 2.75) is 51.4 Å². The number of nitrogens with zero attached hydrogens (tertiary/aromatic N) is 1. The monoisotopic (exact) mass is 289 g/mol. The Bertz CT molecular complexity index is 462. The first-order valence-corrected chi connectivity index (χ1v) is 8.31. The van der Waals surface area contributed by atoms with E-state index in [9.17, 15) is 5.11 Å². The molecule has 3 heteroatoms. The summed E-state index contributed by atoms with van der Waals surface area (Å²) in [4.78, 5) is 2.34. The van der Waals surface area contributed by atoms with Gasteiger partial charge >= 0.3 is 0 Å². The zero-order chi connectivity index (χ0) is 14.7. The van der Waals surface area contributed by atoms with Crippen molar-refractivity contribution in [3.8, 4) is 0 Å². The van der Waals surface area contributed by atoms with Crippen molar-refractivity contribution in [1.29, 1.82) is 0 Å². The fourth-order valence-corrected chi connectivity index (χ4v) is 3.65. The summed E-state index contributed by atoms with van der Waals surface area (Å²) >= 11 is 0. The van der Waals surface area contributed by atoms with Crippen LogP contribution in [-0.2, 0) is 17.7 Å². The third-order valence-electron chi connectivity index (χ3n) is 4.96. The molecule has 2 aliphatic rings. The number of ether oxygens (including phenoxy) is 1. The first-order chi connectivity index (χ1) is 10.2. The maximum Gasteiger partial charge on any atom is 0.0900 e. The van der Waals surface area contributed by atoms with Crippen LogP contribution in [0.5, 0.6) is 0 Å². The van der Waals surface area contributed by atoms with Gasteiger partial charge in [0.05, 0.1) is 18.8 Å². The minimum Gasteiger partial charge on any atom is -0.389 e. The number of β-amino-alcohol motifs (C(OH)–C–C–N with tert-alkyl or cyclic N) is 1. The normalized spacial score (nSPS) is 27.5. The second-order valence-corrected chi connectivity index (χ2v) is 6.69. The van der Waals surface area contributed by atoms with E-state index in [1.165, 1.54) is 24.0 Å². The minimum absolute atomic E-state index is 0.363. The van der Waals surface area contributed by atoms with Gasteiger partial charge in [0.15, 0.2) is 0 Å². The molecule has 3 rings (SSSR count). The largest absolute Gasteiger partial charge is 0.389 e. The van der Waals surface area contributed by atoms with Gasteiger partial charge in [-0.2, -0.15) is 0 Å². The summed E-state index contributed by atoms with van der Waals surface area (Å²) in [5.41, 5.74) is 2.86. The van der Waals surface area contributed by atoms with Crippen molar-refractivity contribution >= 4 is 0 Å². The Morgan fingerprint density at radius 3 is 2.86 bits per heavy atom. The van der Waals surface area contributed by atoms with Gasteiger partial charge in [-0.3, -0.25) is 4.90 Å². The molecule has 1 saturated carbocycles. The summed E-state index contributed by atoms with van der Waals surface area (Å²) in [6.45, 7) is 5.44. The van der Waals surface area contributed by atoms with E-state index in [2.05, 4.69) is 36.1 Å². The lowest BCUT2D eigenvalue weighted by molar-refractivity contribution is -0.0329. The van der Waals surface area contributed by atoms with Crippen LogP contribution in [0.25, 0.3) is 0 Å². The van der Waals surface area contributed by atoms with Gasteiger partial charge in [-0.1, -0.05) is 37.6 Å². The van der Waals surface area contributed by atoms with Gasteiger partial charge in [-0.15, -0.1) is 0 Å². The molecule has 0 radical (unpaired) electrons. The summed E-state index contributed by atoms with van der Waals surface area (Å²) in [5, 5.41) is 10.2. The van der Waals surface area contributed by atoms with Crippen molar-refractivity contribution in [2.24, 2.45) is 5.92 Å². The van der Waals surface area contributed by atoms with E-state index in [1.807, 2.05) is 0 Å². The van der Waals surface area contributed by atoms with E-state index in [0.717, 1.165) is 32.5 Å². The minimum atomic E-state index is -0.372. The van der Waals surface area contributed by atoms with E-state index in [0.29, 0.717) is 18.6 Å². The lowest BCUT2D eigenvalue weighted by atomic mass is 10.00. The number of rotatable bonds is 5. The Balaban J connectivity index is 1.44. The molecule has 1 N–H and O–H groups in total. The van der Waals surface area contributed by atoms with Crippen LogP contribution in [0.15, 0.2) is 24.3 Å². The van der Waals surface area contributed by atoms with Crippen LogP contribution in [0.4, 0.5) is 0 Å². The molecule has 1 aromatic rings. The average Bonchev–Trinajstić information content (AvgIpc) is 2.90. The van der Waals surface area contributed by atoms with Gasteiger partial charge in [0, 0.05) is 19.6 Å². The maximum atomic E-state index is 10.2. The van der Waals surface area contributed by atoms with Gasteiger partial charge in [0.25, 0.3) is 0 Å². The second-order valence-electron chi connectivity index (χ2n) is 6.69. The average molecular weight is 289 g/mol. The van der Waals surface area contributed by atoms with Gasteiger partial charge in [0.2, 0.25) is 0 Å². The van der Waals surface area contributed by atoms with E-state index in [1.54, 1.807) is 0 Å². The highest BCUT2D eigenvalue weighted by Gasteiger charge is 2.25. The molecule has 0 spiro atoms. The van der Waals surface area contributed by atoms with Crippen molar-refractivity contribution < 1.29 is 9.84 Å². The Morgan fingerprint density at radius 1 is 1.29 bits per heavy atom. The zero-order valence-electron chi connectivity index (χ0n) is 13.0. The first-order valence-electron chi connectivity index (χ1n) is 8.31. The molecule has 0 saturated heterocycles. The van der Waals surface area contributed by atoms with Crippen LogP contribution in [0.1, 0.15) is 37.3 Å². The Hall–Kier alpha value is -0.900. The molecule has 0 aromatic heterocycles. The predicted molar refractivity (Wildman–Crippen MR) is 84.2 cm³/mol. The number of fused-ring (bicyclic) bond motifs is 1. The van der Waals surface area contributed by atoms with Gasteiger partial charge in [-0.25, -0.2) is 0 Å². The summed E-state index contributed by atoms with van der Waals surface area (Å²) in [6.07, 6.45) is 4.77. The zero-order valence-corrected chi connectivity index (χ0v) is 13.0. The third-order valence-corrected chi connectivity index (χ3v) is 4.96. The van der Waals surface area contributed by atoms with Crippen LogP contribution >= 0.6 is 0 Å². The predicted octanol–water partition coefficient (Wildman–Crippen LogP) is 2.61. The molecule has 1 aromatic carbocycles. The first kappa shape index (κ1) is 15.0. The van der Waals surface area contributed by atoms with Gasteiger partial charge in [-0.05, 0) is 36.3 Å². The van der Waals surface area contributed by atoms with Crippen LogP contribution < -0.4 is 0 Å². The van der Waals surface area contributed by atoms with Crippen molar-refractivity contribution in [1.82, 2.24) is 4.90 Å². The number of aliphatic hydroxyl groups excluding tert-OH is 1. The third kappa shape index (κ3) is 3.85. The molecule has 1 heterocycles. The van der Waals surface area contributed by atoms with Crippen molar-refractivity contribution in [3.05, 3.63) is 35.4 Å². The van der Waals surface area contributed by atoms with Crippen LogP contribution in [0, 0.1) is 5.92 Å². The molecular weight excluding hydrogens is 262 g/mol. The topological polar surface area (TPSA) is 32.7 Å². The molecule has 0 unspecified atom stereocenters. The highest BCUT2D eigenvalue weighted by molar-refractivity contribution is 5.29. The molecule has 0 amide bonds. The lowest BCUT2D eigenvalue weighted by Gasteiger charge is -2.30. The lowest BCUT2D eigenvalue weighted by Crippen LogP contribution is -2.39. The Morgan fingerprint density at radius 2 is 2.10 bits per heavy atom.